The van der Waals surface area contributed by atoms with Crippen LogP contribution in [0.1, 0.15) is 44.0 Å². The lowest BCUT2D eigenvalue weighted by molar-refractivity contribution is -0.204. The molecule has 0 atom stereocenters. The van der Waals surface area contributed by atoms with Gasteiger partial charge >= 0.3 is 0 Å². The van der Waals surface area contributed by atoms with Gasteiger partial charge in [-0.15, -0.1) is 0 Å². The summed E-state index contributed by atoms with van der Waals surface area (Å²) in [5.41, 5.74) is 2.79. The highest BCUT2D eigenvalue weighted by Crippen LogP contribution is 2.21. The zero-order chi connectivity index (χ0) is 25.8. The van der Waals surface area contributed by atoms with Crippen LogP contribution in [0.5, 0.6) is 0 Å². The molecule has 3 rings (SSSR count). The minimum Gasteiger partial charge on any atom is -0.483 e. The van der Waals surface area contributed by atoms with Crippen molar-refractivity contribution in [2.24, 2.45) is 5.92 Å². The van der Waals surface area contributed by atoms with E-state index in [9.17, 15) is 0 Å². The second-order valence-electron chi connectivity index (χ2n) is 9.65. The summed E-state index contributed by atoms with van der Waals surface area (Å²) in [6.07, 6.45) is 4.03. The van der Waals surface area contributed by atoms with E-state index in [-0.39, 0.29) is 18.3 Å². The van der Waals surface area contributed by atoms with E-state index in [1.807, 2.05) is 25.3 Å². The number of nitrogens with zero attached hydrogens (tertiary/aromatic N) is 5. The van der Waals surface area contributed by atoms with Gasteiger partial charge in [-0.1, -0.05) is 6.07 Å². The zero-order valence-electron chi connectivity index (χ0n) is 21.3. The van der Waals surface area contributed by atoms with E-state index in [4.69, 9.17) is 24.6 Å². The van der Waals surface area contributed by atoms with E-state index in [1.54, 1.807) is 12.3 Å². The molecule has 1 aliphatic rings. The van der Waals surface area contributed by atoms with Gasteiger partial charge in [-0.25, -0.2) is 4.98 Å². The quantitative estimate of drug-likeness (QED) is 0.564. The lowest BCUT2D eigenvalue weighted by Gasteiger charge is -2.37. The Hall–Kier alpha value is -3.06. The molecule has 0 aromatic carbocycles. The third kappa shape index (κ3) is 9.61. The van der Waals surface area contributed by atoms with Crippen molar-refractivity contribution < 1.29 is 19.4 Å². The highest BCUT2D eigenvalue weighted by Gasteiger charge is 2.27. The Morgan fingerprint density at radius 3 is 2.37 bits per heavy atom. The Bertz CT molecular complexity index is 930. The van der Waals surface area contributed by atoms with E-state index < -0.39 is 0 Å². The number of carboxylic acid groups (broad SMARTS) is 1. The largest absolute Gasteiger partial charge is 0.483 e. The number of anilines is 1. The summed E-state index contributed by atoms with van der Waals surface area (Å²) < 4.78 is 12.1. The number of nitriles is 1. The number of ether oxygens (including phenoxy) is 2. The maximum Gasteiger partial charge on any atom is 0.290 e. The lowest BCUT2D eigenvalue weighted by atomic mass is 10.0. The van der Waals surface area contributed by atoms with E-state index in [0.29, 0.717) is 31.2 Å². The maximum absolute atomic E-state index is 9.07. The molecule has 0 bridgehead atoms. The molecule has 9 heteroatoms. The monoisotopic (exact) mass is 483 g/mol. The molecular formula is C26H37N5O4. The summed E-state index contributed by atoms with van der Waals surface area (Å²) in [4.78, 5) is 21.8. The average molecular weight is 484 g/mol. The molecule has 35 heavy (non-hydrogen) atoms. The summed E-state index contributed by atoms with van der Waals surface area (Å²) in [5.74, 6) is 1.20. The standard InChI is InChI=1S/C25H35N5O2.CH2O2/c1-19-6-7-21(14-27-19)16-30(23-9-8-20(12-26)13-28-23)11-10-24-31-17-22(18-32-24)15-29(5)25(2,3)4;2-1-3/h6-9,13-14,22,24H,10-11,15-18H2,1-5H3;1H,(H,2,3). The van der Waals surface area contributed by atoms with Gasteiger partial charge in [0.1, 0.15) is 11.9 Å². The number of hydrogen-bond donors (Lipinski definition) is 1. The molecule has 2 aromatic heterocycles. The maximum atomic E-state index is 9.07. The molecule has 3 heterocycles. The molecule has 1 fully saturated rings. The van der Waals surface area contributed by atoms with E-state index in [0.717, 1.165) is 36.6 Å². The number of aryl methyl sites for hydroxylation is 1. The van der Waals surface area contributed by atoms with Crippen LogP contribution in [0.3, 0.4) is 0 Å². The molecule has 0 amide bonds. The SMILES string of the molecule is Cc1ccc(CN(CCC2OCC(CN(C)C(C)(C)C)CO2)c2ccc(C#N)cn2)cn1.O=CO. The fourth-order valence-electron chi connectivity index (χ4n) is 3.50. The summed E-state index contributed by atoms with van der Waals surface area (Å²) in [7, 11) is 2.15. The van der Waals surface area contributed by atoms with Crippen LogP contribution in [0.25, 0.3) is 0 Å². The van der Waals surface area contributed by atoms with Crippen molar-refractivity contribution in [2.45, 2.75) is 52.5 Å². The number of pyridine rings is 2. The smallest absolute Gasteiger partial charge is 0.290 e. The van der Waals surface area contributed by atoms with Crippen LogP contribution in [0, 0.1) is 24.2 Å². The fraction of sp³-hybridized carbons (Fsp3) is 0.538. The topological polar surface area (TPSA) is 112 Å². The minimum absolute atomic E-state index is 0.135. The molecule has 2 aromatic rings. The molecule has 0 saturated carbocycles. The second kappa shape index (κ2) is 13.7. The number of carbonyl (C=O) groups is 1. The highest BCUT2D eigenvalue weighted by molar-refractivity contribution is 5.42. The third-order valence-electron chi connectivity index (χ3n) is 5.89. The van der Waals surface area contributed by atoms with Gasteiger partial charge < -0.3 is 24.4 Å². The molecule has 9 nitrogen and oxygen atoms in total. The van der Waals surface area contributed by atoms with Gasteiger partial charge in [-0.05, 0) is 58.5 Å². The van der Waals surface area contributed by atoms with Gasteiger partial charge in [-0.3, -0.25) is 9.78 Å². The van der Waals surface area contributed by atoms with Crippen molar-refractivity contribution in [3.05, 3.63) is 53.5 Å². The van der Waals surface area contributed by atoms with Gasteiger partial charge in [0, 0.05) is 55.6 Å². The lowest BCUT2D eigenvalue weighted by Crippen LogP contribution is -2.45. The predicted molar refractivity (Wildman–Crippen MR) is 134 cm³/mol. The van der Waals surface area contributed by atoms with Gasteiger partial charge in [0.15, 0.2) is 6.29 Å². The molecule has 0 spiro atoms. The van der Waals surface area contributed by atoms with Gasteiger partial charge in [0.2, 0.25) is 0 Å². The van der Waals surface area contributed by atoms with Crippen molar-refractivity contribution in [1.29, 1.82) is 5.26 Å². The Balaban J connectivity index is 0.00000137. The van der Waals surface area contributed by atoms with Crippen LogP contribution < -0.4 is 4.90 Å². The Morgan fingerprint density at radius 2 is 1.86 bits per heavy atom. The third-order valence-corrected chi connectivity index (χ3v) is 5.89. The molecular weight excluding hydrogens is 446 g/mol. The van der Waals surface area contributed by atoms with Gasteiger partial charge in [0.25, 0.3) is 6.47 Å². The second-order valence-corrected chi connectivity index (χ2v) is 9.65. The average Bonchev–Trinajstić information content (AvgIpc) is 2.84. The van der Waals surface area contributed by atoms with Crippen LogP contribution in [0.4, 0.5) is 5.82 Å². The van der Waals surface area contributed by atoms with E-state index in [1.165, 1.54) is 0 Å². The van der Waals surface area contributed by atoms with Crippen LogP contribution in [-0.4, -0.2) is 71.6 Å². The summed E-state index contributed by atoms with van der Waals surface area (Å²) >= 11 is 0. The van der Waals surface area contributed by atoms with Crippen molar-refractivity contribution in [3.8, 4) is 6.07 Å². The normalized spacial score (nSPS) is 17.7. The molecule has 0 aliphatic carbocycles. The molecule has 0 radical (unpaired) electrons. The molecule has 190 valence electrons. The van der Waals surface area contributed by atoms with Crippen molar-refractivity contribution >= 4 is 12.3 Å². The molecule has 0 unspecified atom stereocenters. The van der Waals surface area contributed by atoms with Gasteiger partial charge in [0.05, 0.1) is 18.8 Å². The first-order valence-electron chi connectivity index (χ1n) is 11.7. The van der Waals surface area contributed by atoms with Crippen molar-refractivity contribution in [2.75, 3.05) is 38.3 Å². The first-order valence-corrected chi connectivity index (χ1v) is 11.7. The number of rotatable bonds is 8. The predicted octanol–water partition coefficient (Wildman–Crippen LogP) is 3.47. The van der Waals surface area contributed by atoms with Crippen LogP contribution >= 0.6 is 0 Å². The van der Waals surface area contributed by atoms with E-state index in [2.05, 4.69) is 59.7 Å². The van der Waals surface area contributed by atoms with E-state index >= 15 is 0 Å². The minimum atomic E-state index is -0.250. The van der Waals surface area contributed by atoms with Crippen LogP contribution in [-0.2, 0) is 20.8 Å². The van der Waals surface area contributed by atoms with Crippen LogP contribution in [0.2, 0.25) is 0 Å². The Morgan fingerprint density at radius 1 is 1.17 bits per heavy atom. The molecule has 1 saturated heterocycles. The fourth-order valence-corrected chi connectivity index (χ4v) is 3.50. The number of aromatic nitrogens is 2. The number of hydrogen-bond acceptors (Lipinski definition) is 8. The summed E-state index contributed by atoms with van der Waals surface area (Å²) in [5, 5.41) is 16.0. The van der Waals surface area contributed by atoms with Crippen LogP contribution in [0.15, 0.2) is 36.7 Å². The summed E-state index contributed by atoms with van der Waals surface area (Å²) in [6, 6.07) is 9.92. The highest BCUT2D eigenvalue weighted by atomic mass is 16.7. The van der Waals surface area contributed by atoms with Gasteiger partial charge in [-0.2, -0.15) is 5.26 Å². The Kier molecular flexibility index (Phi) is 11.1. The first-order chi connectivity index (χ1) is 16.7. The van der Waals surface area contributed by atoms with Crippen molar-refractivity contribution in [1.82, 2.24) is 14.9 Å². The molecule has 1 N–H and O–H groups in total. The first kappa shape index (κ1) is 28.2. The Labute approximate surface area is 208 Å². The summed E-state index contributed by atoms with van der Waals surface area (Å²) in [6.45, 7) is 12.2. The zero-order valence-corrected chi connectivity index (χ0v) is 21.3. The van der Waals surface area contributed by atoms with Crippen molar-refractivity contribution in [3.63, 3.8) is 0 Å². The molecule has 1 aliphatic heterocycles.